The van der Waals surface area contributed by atoms with Crippen molar-refractivity contribution < 1.29 is 17.3 Å². The van der Waals surface area contributed by atoms with E-state index in [1.165, 1.54) is 0 Å². The van der Waals surface area contributed by atoms with Crippen molar-refractivity contribution in [1.29, 1.82) is 0 Å². The van der Waals surface area contributed by atoms with Crippen molar-refractivity contribution in [2.45, 2.75) is 12.0 Å². The van der Waals surface area contributed by atoms with E-state index in [0.29, 0.717) is 13.0 Å². The zero-order valence-corrected chi connectivity index (χ0v) is 7.13. The Bertz CT molecular complexity index is 325. The normalized spacial score (nSPS) is 38.8. The molecule has 2 aliphatic rings. The van der Waals surface area contributed by atoms with Crippen molar-refractivity contribution in [3.8, 4) is 0 Å². The number of rotatable bonds is 0. The topological polar surface area (TPSA) is 78.6 Å². The summed E-state index contributed by atoms with van der Waals surface area (Å²) in [6.45, 7) is 0.721. The lowest BCUT2D eigenvalue weighted by Crippen LogP contribution is -2.35. The minimum absolute atomic E-state index is 0.231. The maximum atomic E-state index is 11.0. The molecular weight excluding hydrogens is 182 g/mol. The summed E-state index contributed by atoms with van der Waals surface area (Å²) in [5.74, 6) is 0. The van der Waals surface area contributed by atoms with Crippen LogP contribution in [0.4, 0.5) is 0 Å². The predicted octanol–water partition coefficient (Wildman–Crippen LogP) is -0.694. The quantitative estimate of drug-likeness (QED) is 0.512. The van der Waals surface area contributed by atoms with E-state index in [1.54, 1.807) is 0 Å². The fourth-order valence-electron chi connectivity index (χ4n) is 1.40. The van der Waals surface area contributed by atoms with Gasteiger partial charge in [0, 0.05) is 6.42 Å². The Morgan fingerprint density at radius 3 is 2.75 bits per heavy atom. The van der Waals surface area contributed by atoms with E-state index < -0.39 is 15.7 Å². The summed E-state index contributed by atoms with van der Waals surface area (Å²) in [6.07, 6.45) is 0.508. The zero-order valence-electron chi connectivity index (χ0n) is 6.32. The van der Waals surface area contributed by atoms with E-state index in [4.69, 9.17) is 14.7 Å². The monoisotopic (exact) mass is 191 g/mol. The van der Waals surface area contributed by atoms with Gasteiger partial charge in [0.1, 0.15) is 0 Å². The lowest BCUT2D eigenvalue weighted by Gasteiger charge is -2.19. The predicted molar refractivity (Wildman–Crippen MR) is 40.4 cm³/mol. The van der Waals surface area contributed by atoms with Crippen molar-refractivity contribution in [2.24, 2.45) is 5.73 Å². The van der Waals surface area contributed by atoms with Crippen LogP contribution in [0.15, 0.2) is 11.1 Å². The number of hydrogen-bond donors (Lipinski definition) is 1. The summed E-state index contributed by atoms with van der Waals surface area (Å²) in [5, 5.41) is 0.960. The molecule has 0 aromatic carbocycles. The van der Waals surface area contributed by atoms with Crippen LogP contribution in [-0.2, 0) is 19.0 Å². The minimum Gasteiger partial charge on any atom is -0.399 e. The molecule has 0 amide bonds. The molecule has 0 bridgehead atoms. The Labute approximate surface area is 70.3 Å². The van der Waals surface area contributed by atoms with E-state index in [0.717, 1.165) is 5.41 Å². The summed E-state index contributed by atoms with van der Waals surface area (Å²) >= 11 is 0. The van der Waals surface area contributed by atoms with Crippen LogP contribution in [0, 0.1) is 0 Å². The molecule has 1 unspecified atom stereocenters. The maximum absolute atomic E-state index is 11.0. The van der Waals surface area contributed by atoms with Gasteiger partial charge >= 0.3 is 0 Å². The van der Waals surface area contributed by atoms with Crippen LogP contribution in [0.25, 0.3) is 0 Å². The van der Waals surface area contributed by atoms with Crippen LogP contribution < -0.4 is 5.73 Å². The van der Waals surface area contributed by atoms with Crippen LogP contribution in [0.5, 0.6) is 0 Å². The third kappa shape index (κ3) is 1.03. The highest BCUT2D eigenvalue weighted by Gasteiger charge is 2.47. The van der Waals surface area contributed by atoms with Crippen LogP contribution in [-0.4, -0.2) is 27.2 Å². The zero-order chi connectivity index (χ0) is 8.82. The van der Waals surface area contributed by atoms with Gasteiger partial charge in [-0.2, -0.15) is 8.42 Å². The van der Waals surface area contributed by atoms with E-state index in [2.05, 4.69) is 0 Å². The molecule has 2 heterocycles. The summed E-state index contributed by atoms with van der Waals surface area (Å²) in [6, 6.07) is 0. The molecule has 0 saturated carbocycles. The van der Waals surface area contributed by atoms with Crippen molar-refractivity contribution in [3.63, 3.8) is 0 Å². The second-order valence-corrected chi connectivity index (χ2v) is 4.33. The van der Waals surface area contributed by atoms with Crippen LogP contribution in [0.2, 0.25) is 0 Å². The van der Waals surface area contributed by atoms with Gasteiger partial charge in [-0.05, 0) is 0 Å². The van der Waals surface area contributed by atoms with Gasteiger partial charge in [0.15, 0.2) is 5.60 Å². The lowest BCUT2D eigenvalue weighted by atomic mass is 10.0. The fraction of sp³-hybridized carbons (Fsp3) is 0.667. The molecule has 0 aromatic rings. The smallest absolute Gasteiger partial charge is 0.292 e. The van der Waals surface area contributed by atoms with Crippen molar-refractivity contribution in [3.05, 3.63) is 11.1 Å². The molecule has 1 saturated heterocycles. The molecule has 1 fully saturated rings. The summed E-state index contributed by atoms with van der Waals surface area (Å²) in [5.41, 5.74) is 4.89. The van der Waals surface area contributed by atoms with Gasteiger partial charge in [0.25, 0.3) is 10.1 Å². The Morgan fingerprint density at radius 1 is 1.58 bits per heavy atom. The SMILES string of the molecule is NC1=CS(=O)(=O)OC12CCOC2. The summed E-state index contributed by atoms with van der Waals surface area (Å²) < 4.78 is 31.8. The van der Waals surface area contributed by atoms with Gasteiger partial charge in [-0.15, -0.1) is 0 Å². The molecule has 0 aromatic heterocycles. The van der Waals surface area contributed by atoms with Gasteiger partial charge in [-0.3, -0.25) is 4.18 Å². The Morgan fingerprint density at radius 2 is 2.33 bits per heavy atom. The first kappa shape index (κ1) is 8.03. The Hall–Kier alpha value is -0.590. The first-order chi connectivity index (χ1) is 5.54. The molecule has 2 N–H and O–H groups in total. The highest BCUT2D eigenvalue weighted by Crippen LogP contribution is 2.35. The van der Waals surface area contributed by atoms with Crippen molar-refractivity contribution in [1.82, 2.24) is 0 Å². The minimum atomic E-state index is -3.55. The van der Waals surface area contributed by atoms with Gasteiger partial charge in [0.05, 0.1) is 24.3 Å². The lowest BCUT2D eigenvalue weighted by molar-refractivity contribution is 0.0936. The molecule has 0 aliphatic carbocycles. The maximum Gasteiger partial charge on any atom is 0.292 e. The standard InChI is InChI=1S/C6H9NO4S/c7-5-3-12(8,9)11-6(5)1-2-10-4-6/h3H,1-2,4,7H2. The molecule has 68 valence electrons. The Kier molecular flexibility index (Phi) is 1.48. The largest absolute Gasteiger partial charge is 0.399 e. The molecule has 1 atom stereocenters. The van der Waals surface area contributed by atoms with Gasteiger partial charge in [-0.1, -0.05) is 0 Å². The molecule has 12 heavy (non-hydrogen) atoms. The highest BCUT2D eigenvalue weighted by molar-refractivity contribution is 7.90. The van der Waals surface area contributed by atoms with E-state index in [-0.39, 0.29) is 12.3 Å². The van der Waals surface area contributed by atoms with Crippen LogP contribution in [0.3, 0.4) is 0 Å². The highest BCUT2D eigenvalue weighted by atomic mass is 32.2. The van der Waals surface area contributed by atoms with Gasteiger partial charge in [-0.25, -0.2) is 0 Å². The average molecular weight is 191 g/mol. The molecule has 0 radical (unpaired) electrons. The van der Waals surface area contributed by atoms with Crippen molar-refractivity contribution >= 4 is 10.1 Å². The number of hydrogen-bond acceptors (Lipinski definition) is 5. The van der Waals surface area contributed by atoms with E-state index in [1.807, 2.05) is 0 Å². The average Bonchev–Trinajstić information content (AvgIpc) is 2.42. The third-order valence-corrected chi connectivity index (χ3v) is 3.15. The fourth-order valence-corrected chi connectivity index (χ4v) is 2.64. The van der Waals surface area contributed by atoms with Gasteiger partial charge in [0.2, 0.25) is 0 Å². The van der Waals surface area contributed by atoms with Crippen LogP contribution in [0.1, 0.15) is 6.42 Å². The molecule has 2 rings (SSSR count). The molecule has 6 heteroatoms. The van der Waals surface area contributed by atoms with E-state index >= 15 is 0 Å². The molecule has 2 aliphatic heterocycles. The Balaban J connectivity index is 2.39. The van der Waals surface area contributed by atoms with Gasteiger partial charge < -0.3 is 10.5 Å². The molecule has 5 nitrogen and oxygen atoms in total. The number of ether oxygens (including phenoxy) is 1. The molecular formula is C6H9NO4S. The van der Waals surface area contributed by atoms with Crippen LogP contribution >= 0.6 is 0 Å². The second kappa shape index (κ2) is 2.21. The first-order valence-electron chi connectivity index (χ1n) is 3.55. The van der Waals surface area contributed by atoms with Crippen molar-refractivity contribution in [2.75, 3.05) is 13.2 Å². The summed E-state index contributed by atoms with van der Waals surface area (Å²) in [4.78, 5) is 0. The van der Waals surface area contributed by atoms with E-state index in [9.17, 15) is 8.42 Å². The first-order valence-corrected chi connectivity index (χ1v) is 5.02. The third-order valence-electron chi connectivity index (χ3n) is 2.06. The molecule has 1 spiro atoms. The number of nitrogens with two attached hydrogens (primary N) is 1. The second-order valence-electron chi connectivity index (χ2n) is 2.95. The summed E-state index contributed by atoms with van der Waals surface area (Å²) in [7, 11) is -3.55.